The van der Waals surface area contributed by atoms with Gasteiger partial charge in [-0.3, -0.25) is 14.5 Å². The van der Waals surface area contributed by atoms with Crippen LogP contribution in [0.25, 0.3) is 0 Å². The number of piperazine rings is 1. The van der Waals surface area contributed by atoms with Gasteiger partial charge in [0.05, 0.1) is 17.5 Å². The zero-order valence-electron chi connectivity index (χ0n) is 27.3. The lowest BCUT2D eigenvalue weighted by Gasteiger charge is -2.36. The van der Waals surface area contributed by atoms with Gasteiger partial charge in [-0.05, 0) is 55.0 Å². The van der Waals surface area contributed by atoms with Crippen LogP contribution in [0.5, 0.6) is 0 Å². The number of nitrogens with zero attached hydrogens (tertiary/aromatic N) is 4. The Kier molecular flexibility index (Phi) is 14.7. The van der Waals surface area contributed by atoms with Crippen molar-refractivity contribution in [2.75, 3.05) is 44.3 Å². The molecule has 0 radical (unpaired) electrons. The van der Waals surface area contributed by atoms with Crippen LogP contribution >= 0.6 is 0 Å². The molecule has 0 unspecified atom stereocenters. The molecule has 2 aromatic carbocycles. The molecule has 8 N–H and O–H groups in total. The first-order valence-corrected chi connectivity index (χ1v) is 16.6. The Labute approximate surface area is 296 Å². The van der Waals surface area contributed by atoms with E-state index in [-0.39, 0.29) is 30.0 Å². The Hall–Kier alpha value is -5.49. The molecular weight excluding hydrogens is 752 g/mol. The third-order valence-corrected chi connectivity index (χ3v) is 8.66. The number of carboxylic acids is 3. The molecule has 2 aliphatic rings. The summed E-state index contributed by atoms with van der Waals surface area (Å²) in [6, 6.07) is 11.2. The number of sulfonamides is 1. The molecule has 2 heterocycles. The van der Waals surface area contributed by atoms with Crippen LogP contribution < -0.4 is 16.8 Å². The highest BCUT2D eigenvalue weighted by Gasteiger charge is 2.43. The average Bonchev–Trinajstić information content (AvgIpc) is 3.50. The number of carbonyl (C=O) groups is 5. The molecule has 24 heteroatoms. The van der Waals surface area contributed by atoms with E-state index < -0.39 is 52.2 Å². The lowest BCUT2D eigenvalue weighted by molar-refractivity contribution is -0.193. The Morgan fingerprint density at radius 3 is 1.64 bits per heavy atom. The van der Waals surface area contributed by atoms with Crippen LogP contribution in [0.1, 0.15) is 27.1 Å². The summed E-state index contributed by atoms with van der Waals surface area (Å²) in [5.41, 5.74) is 12.2. The topological polar surface area (TPSA) is 266 Å². The third kappa shape index (κ3) is 13.5. The van der Waals surface area contributed by atoms with Crippen molar-refractivity contribution in [1.82, 2.24) is 14.1 Å². The number of hydrogen-bond donors (Lipinski definition) is 6. The van der Waals surface area contributed by atoms with Gasteiger partial charge in [-0.25, -0.2) is 27.8 Å². The number of nitrogens with one attached hydrogen (secondary N) is 1. The van der Waals surface area contributed by atoms with Crippen molar-refractivity contribution < 1.29 is 74.1 Å². The molecule has 2 aromatic rings. The largest absolute Gasteiger partial charge is 0.490 e. The summed E-state index contributed by atoms with van der Waals surface area (Å²) in [5.74, 6) is -7.45. The van der Waals surface area contributed by atoms with Gasteiger partial charge in [0.2, 0.25) is 15.9 Å². The van der Waals surface area contributed by atoms with E-state index in [1.807, 2.05) is 0 Å². The first kappa shape index (κ1) is 43.7. The van der Waals surface area contributed by atoms with Crippen LogP contribution in [0.3, 0.4) is 0 Å². The van der Waals surface area contributed by atoms with Gasteiger partial charge >= 0.3 is 30.3 Å². The van der Waals surface area contributed by atoms with Crippen molar-refractivity contribution in [2.45, 2.75) is 30.9 Å². The number of halogens is 6. The SMILES string of the molecule is CS(=O)(=O)N1CCN([C@H]2C[C@@H](C(=O)Nc3ccc(C(=O)O)cc3)N(C(=O)c3ccc(N=C(N)N)cc3)C2)CC1.O=C(O)C(F)(F)F.O=C(O)C(F)(F)F. The summed E-state index contributed by atoms with van der Waals surface area (Å²) >= 11 is 0. The van der Waals surface area contributed by atoms with Gasteiger partial charge in [-0.1, -0.05) is 0 Å². The van der Waals surface area contributed by atoms with Crippen LogP contribution in [0, 0.1) is 0 Å². The maximum absolute atomic E-state index is 13.6. The maximum Gasteiger partial charge on any atom is 0.490 e. The van der Waals surface area contributed by atoms with E-state index in [0.717, 1.165) is 0 Å². The number of rotatable bonds is 7. The predicted molar refractivity (Wildman–Crippen MR) is 173 cm³/mol. The molecule has 0 aliphatic carbocycles. The standard InChI is InChI=1S/C25H31N7O6S.2C2HF3O2/c1-39(37,38)31-12-10-30(11-13-31)20-14-21(22(33)28-18-8-4-17(5-9-18)24(35)36)32(15-20)23(34)16-2-6-19(7-3-16)29-25(26)27;2*3-2(4,5)1(6)7/h2-9,20-21H,10-15H2,1H3,(H,28,33)(H,35,36)(H4,26,27,29);2*(H,6,7)/t20-,21-;;/m0../s1. The first-order valence-electron chi connectivity index (χ1n) is 14.8. The number of nitrogens with two attached hydrogens (primary N) is 2. The Morgan fingerprint density at radius 2 is 1.25 bits per heavy atom. The smallest absolute Gasteiger partial charge is 0.478 e. The number of aromatic carboxylic acids is 1. The van der Waals surface area contributed by atoms with Crippen molar-refractivity contribution in [3.8, 4) is 0 Å². The normalized spacial score (nSPS) is 18.0. The third-order valence-electron chi connectivity index (χ3n) is 7.36. The van der Waals surface area contributed by atoms with Crippen LogP contribution in [0.2, 0.25) is 0 Å². The van der Waals surface area contributed by atoms with Crippen molar-refractivity contribution in [3.05, 3.63) is 59.7 Å². The van der Waals surface area contributed by atoms with E-state index in [1.165, 1.54) is 39.7 Å². The van der Waals surface area contributed by atoms with Gasteiger partial charge in [-0.15, -0.1) is 0 Å². The number of amides is 2. The maximum atomic E-state index is 13.6. The summed E-state index contributed by atoms with van der Waals surface area (Å²) in [5, 5.41) is 26.2. The van der Waals surface area contributed by atoms with Gasteiger partial charge in [0.15, 0.2) is 5.96 Å². The summed E-state index contributed by atoms with van der Waals surface area (Å²) in [6.07, 6.45) is -8.63. The molecule has 0 saturated carbocycles. The van der Waals surface area contributed by atoms with Crippen molar-refractivity contribution >= 4 is 57.1 Å². The Morgan fingerprint density at radius 1 is 0.792 bits per heavy atom. The highest BCUT2D eigenvalue weighted by Crippen LogP contribution is 2.28. The fourth-order valence-corrected chi connectivity index (χ4v) is 5.69. The quantitative estimate of drug-likeness (QED) is 0.132. The van der Waals surface area contributed by atoms with Gasteiger partial charge in [-0.2, -0.15) is 30.6 Å². The summed E-state index contributed by atoms with van der Waals surface area (Å²) in [6.45, 7) is 1.92. The number of benzene rings is 2. The minimum Gasteiger partial charge on any atom is -0.478 e. The van der Waals surface area contributed by atoms with Gasteiger partial charge < -0.3 is 37.0 Å². The minimum atomic E-state index is -5.08. The molecule has 292 valence electrons. The first-order chi connectivity index (χ1) is 24.3. The van der Waals surface area contributed by atoms with Crippen molar-refractivity contribution in [2.24, 2.45) is 16.5 Å². The number of hydrogen-bond acceptors (Lipinski definition) is 9. The second-order valence-corrected chi connectivity index (χ2v) is 13.1. The van der Waals surface area contributed by atoms with Crippen LogP contribution in [-0.4, -0.2) is 137 Å². The van der Waals surface area contributed by atoms with E-state index in [2.05, 4.69) is 15.2 Å². The lowest BCUT2D eigenvalue weighted by atomic mass is 10.1. The number of carboxylic acid groups (broad SMARTS) is 3. The van der Waals surface area contributed by atoms with Crippen molar-refractivity contribution in [1.29, 1.82) is 0 Å². The molecular formula is C29H33F6N7O10S. The van der Waals surface area contributed by atoms with Crippen LogP contribution in [-0.2, 0) is 24.4 Å². The molecule has 53 heavy (non-hydrogen) atoms. The Bertz CT molecular complexity index is 1750. The van der Waals surface area contributed by atoms with Crippen LogP contribution in [0.15, 0.2) is 53.5 Å². The van der Waals surface area contributed by atoms with E-state index >= 15 is 0 Å². The molecule has 2 amide bonds. The predicted octanol–water partition coefficient (Wildman–Crippen LogP) is 1.36. The second kappa shape index (κ2) is 17.8. The van der Waals surface area contributed by atoms with Gasteiger partial charge in [0.25, 0.3) is 5.91 Å². The summed E-state index contributed by atoms with van der Waals surface area (Å²) < 4.78 is 88.7. The summed E-state index contributed by atoms with van der Waals surface area (Å²) in [7, 11) is -3.30. The molecule has 2 atom stereocenters. The average molecular weight is 786 g/mol. The molecule has 0 spiro atoms. The minimum absolute atomic E-state index is 0.0862. The zero-order chi connectivity index (χ0) is 40.5. The van der Waals surface area contributed by atoms with Crippen LogP contribution in [0.4, 0.5) is 37.7 Å². The number of aliphatic carboxylic acids is 2. The number of alkyl halides is 6. The number of anilines is 1. The highest BCUT2D eigenvalue weighted by atomic mass is 32.2. The van der Waals surface area contributed by atoms with Gasteiger partial charge in [0.1, 0.15) is 6.04 Å². The molecule has 2 fully saturated rings. The van der Waals surface area contributed by atoms with E-state index in [4.69, 9.17) is 36.4 Å². The number of guanidine groups is 1. The highest BCUT2D eigenvalue weighted by molar-refractivity contribution is 7.88. The van der Waals surface area contributed by atoms with E-state index in [9.17, 15) is 49.1 Å². The molecule has 17 nitrogen and oxygen atoms in total. The fraction of sp³-hybridized carbons (Fsp3) is 0.379. The molecule has 0 bridgehead atoms. The van der Waals surface area contributed by atoms with E-state index in [0.29, 0.717) is 49.5 Å². The second-order valence-electron chi connectivity index (χ2n) is 11.1. The fourth-order valence-electron chi connectivity index (χ4n) is 4.87. The van der Waals surface area contributed by atoms with Gasteiger partial charge in [0, 0.05) is 50.0 Å². The molecule has 2 aliphatic heterocycles. The zero-order valence-corrected chi connectivity index (χ0v) is 28.2. The number of likely N-dealkylation sites (tertiary alicyclic amines) is 1. The molecule has 4 rings (SSSR count). The van der Waals surface area contributed by atoms with Crippen molar-refractivity contribution in [3.63, 3.8) is 0 Å². The Balaban J connectivity index is 0.000000587. The van der Waals surface area contributed by atoms with E-state index in [1.54, 1.807) is 24.3 Å². The monoisotopic (exact) mass is 785 g/mol. The molecule has 0 aromatic heterocycles. The molecule has 2 saturated heterocycles. The summed E-state index contributed by atoms with van der Waals surface area (Å²) in [4.78, 5) is 63.5. The lowest BCUT2D eigenvalue weighted by Crippen LogP contribution is -2.52. The number of aliphatic imine (C=N–C) groups is 1. The number of carbonyl (C=O) groups excluding carboxylic acids is 2.